The number of β-amino-alcohol motifs (C(OH)–C–C–N with tert-alkyl or cyclic N) is 1. The number of rotatable bonds is 5. The average molecular weight is 516 g/mol. The van der Waals surface area contributed by atoms with Crippen molar-refractivity contribution in [2.45, 2.75) is 23.6 Å². The van der Waals surface area contributed by atoms with E-state index in [0.717, 1.165) is 6.07 Å². The van der Waals surface area contributed by atoms with Crippen LogP contribution in [-0.4, -0.2) is 52.0 Å². The molecule has 2 aromatic heterocycles. The Balaban J connectivity index is 1.42. The predicted octanol–water partition coefficient (Wildman–Crippen LogP) is 4.21. The first kappa shape index (κ1) is 24.1. The fourth-order valence-electron chi connectivity index (χ4n) is 4.09. The van der Waals surface area contributed by atoms with Gasteiger partial charge in [-0.2, -0.15) is 17.5 Å². The second-order valence-corrected chi connectivity index (χ2v) is 10.2. The SMILES string of the molecule is O=S(=O)(c1ccc(Nc2ncnc3cc(-c4ncccc4C(F)(F)F)ccc23)cc1)N1CCC(O)C1. The highest BCUT2D eigenvalue weighted by Gasteiger charge is 2.34. The van der Waals surface area contributed by atoms with Gasteiger partial charge >= 0.3 is 6.18 Å². The first-order valence-corrected chi connectivity index (χ1v) is 12.4. The molecule has 0 bridgehead atoms. The van der Waals surface area contributed by atoms with Crippen LogP contribution in [0.3, 0.4) is 0 Å². The normalized spacial score (nSPS) is 16.9. The van der Waals surface area contributed by atoms with E-state index in [2.05, 4.69) is 20.3 Å². The number of anilines is 2. The van der Waals surface area contributed by atoms with Gasteiger partial charge in [0.15, 0.2) is 0 Å². The molecule has 4 aromatic rings. The first-order valence-electron chi connectivity index (χ1n) is 11.0. The van der Waals surface area contributed by atoms with Gasteiger partial charge in [-0.1, -0.05) is 6.07 Å². The Kier molecular flexibility index (Phi) is 6.10. The number of sulfonamides is 1. The highest BCUT2D eigenvalue weighted by Crippen LogP contribution is 2.37. The summed E-state index contributed by atoms with van der Waals surface area (Å²) in [6, 6.07) is 13.0. The number of halogens is 3. The Labute approximate surface area is 204 Å². The van der Waals surface area contributed by atoms with Crippen molar-refractivity contribution in [3.63, 3.8) is 0 Å². The Morgan fingerprint density at radius 2 is 1.81 bits per heavy atom. The van der Waals surface area contributed by atoms with Gasteiger partial charge in [0.05, 0.1) is 27.8 Å². The molecule has 1 fully saturated rings. The summed E-state index contributed by atoms with van der Waals surface area (Å²) in [5, 5.41) is 13.3. The van der Waals surface area contributed by atoms with Gasteiger partial charge in [0.1, 0.15) is 12.1 Å². The Hall–Kier alpha value is -3.61. The number of alkyl halides is 3. The van der Waals surface area contributed by atoms with Crippen molar-refractivity contribution in [2.24, 2.45) is 0 Å². The third-order valence-corrected chi connectivity index (χ3v) is 7.78. The number of fused-ring (bicyclic) bond motifs is 1. The number of benzene rings is 2. The number of aromatic nitrogens is 3. The standard InChI is InChI=1S/C24H20F3N5O3S/c25-24(26,27)20-2-1-10-28-22(20)15-3-8-19-21(12-15)29-14-30-23(19)31-16-4-6-18(7-5-16)36(34,35)32-11-9-17(33)13-32/h1-8,10,12,14,17,33H,9,11,13H2,(H,29,30,31). The van der Waals surface area contributed by atoms with Crippen LogP contribution in [0.1, 0.15) is 12.0 Å². The Morgan fingerprint density at radius 1 is 1.03 bits per heavy atom. The number of hydrogen-bond acceptors (Lipinski definition) is 7. The molecule has 0 amide bonds. The van der Waals surface area contributed by atoms with Crippen LogP contribution >= 0.6 is 0 Å². The van der Waals surface area contributed by atoms with Crippen LogP contribution in [0.15, 0.2) is 72.0 Å². The van der Waals surface area contributed by atoms with Crippen LogP contribution in [0.25, 0.3) is 22.2 Å². The molecule has 8 nitrogen and oxygen atoms in total. The molecule has 12 heteroatoms. The zero-order valence-electron chi connectivity index (χ0n) is 18.6. The van der Waals surface area contributed by atoms with Gasteiger partial charge in [-0.25, -0.2) is 18.4 Å². The maximum Gasteiger partial charge on any atom is 0.418 e. The van der Waals surface area contributed by atoms with E-state index in [1.165, 1.54) is 47.2 Å². The van der Waals surface area contributed by atoms with E-state index in [1.54, 1.807) is 18.2 Å². The lowest BCUT2D eigenvalue weighted by molar-refractivity contribution is -0.137. The highest BCUT2D eigenvalue weighted by molar-refractivity contribution is 7.89. The van der Waals surface area contributed by atoms with Crippen molar-refractivity contribution < 1.29 is 26.7 Å². The number of aliphatic hydroxyl groups excluding tert-OH is 1. The lowest BCUT2D eigenvalue weighted by atomic mass is 10.0. The quantitative estimate of drug-likeness (QED) is 0.410. The predicted molar refractivity (Wildman–Crippen MR) is 127 cm³/mol. The van der Waals surface area contributed by atoms with Gasteiger partial charge in [-0.3, -0.25) is 4.98 Å². The van der Waals surface area contributed by atoms with Gasteiger partial charge in [0.2, 0.25) is 10.0 Å². The average Bonchev–Trinajstić information content (AvgIpc) is 3.31. The van der Waals surface area contributed by atoms with Crippen LogP contribution in [0.5, 0.6) is 0 Å². The maximum absolute atomic E-state index is 13.4. The van der Waals surface area contributed by atoms with Crippen molar-refractivity contribution in [1.82, 2.24) is 19.3 Å². The number of nitrogens with zero attached hydrogens (tertiary/aromatic N) is 4. The molecule has 1 aliphatic rings. The van der Waals surface area contributed by atoms with Crippen molar-refractivity contribution in [3.05, 3.63) is 72.7 Å². The monoisotopic (exact) mass is 515 g/mol. The third kappa shape index (κ3) is 4.62. The second kappa shape index (κ2) is 9.12. The number of hydrogen-bond donors (Lipinski definition) is 2. The summed E-state index contributed by atoms with van der Waals surface area (Å²) in [6.45, 7) is 0.335. The van der Waals surface area contributed by atoms with Gasteiger partial charge < -0.3 is 10.4 Å². The molecule has 1 atom stereocenters. The fraction of sp³-hybridized carbons (Fsp3) is 0.208. The molecular formula is C24H20F3N5O3S. The van der Waals surface area contributed by atoms with Crippen LogP contribution in [0, 0.1) is 0 Å². The molecule has 2 aromatic carbocycles. The zero-order valence-corrected chi connectivity index (χ0v) is 19.5. The van der Waals surface area contributed by atoms with Crippen molar-refractivity contribution in [2.75, 3.05) is 18.4 Å². The van der Waals surface area contributed by atoms with E-state index >= 15 is 0 Å². The molecule has 0 spiro atoms. The molecule has 186 valence electrons. The third-order valence-electron chi connectivity index (χ3n) is 5.90. The summed E-state index contributed by atoms with van der Waals surface area (Å²) in [4.78, 5) is 12.5. The molecule has 5 rings (SSSR count). The minimum Gasteiger partial charge on any atom is -0.392 e. The molecule has 3 heterocycles. The lowest BCUT2D eigenvalue weighted by Crippen LogP contribution is -2.29. The van der Waals surface area contributed by atoms with E-state index in [-0.39, 0.29) is 29.2 Å². The van der Waals surface area contributed by atoms with Crippen LogP contribution in [-0.2, 0) is 16.2 Å². The van der Waals surface area contributed by atoms with E-state index in [1.807, 2.05) is 0 Å². The summed E-state index contributed by atoms with van der Waals surface area (Å²) in [5.74, 6) is 0.405. The molecule has 36 heavy (non-hydrogen) atoms. The largest absolute Gasteiger partial charge is 0.418 e. The highest BCUT2D eigenvalue weighted by atomic mass is 32.2. The Bertz CT molecular complexity index is 1530. The molecular weight excluding hydrogens is 495 g/mol. The van der Waals surface area contributed by atoms with Gasteiger partial charge in [-0.15, -0.1) is 0 Å². The molecule has 2 N–H and O–H groups in total. The molecule has 0 saturated carbocycles. The summed E-state index contributed by atoms with van der Waals surface area (Å²) >= 11 is 0. The summed E-state index contributed by atoms with van der Waals surface area (Å²) in [5.41, 5.74) is 0.207. The number of pyridine rings is 1. The van der Waals surface area contributed by atoms with Gasteiger partial charge in [0, 0.05) is 35.9 Å². The first-order chi connectivity index (χ1) is 17.1. The van der Waals surface area contributed by atoms with E-state index < -0.39 is 27.9 Å². The number of nitrogens with one attached hydrogen (secondary N) is 1. The van der Waals surface area contributed by atoms with Crippen LogP contribution < -0.4 is 5.32 Å². The molecule has 1 unspecified atom stereocenters. The summed E-state index contributed by atoms with van der Waals surface area (Å²) < 4.78 is 67.1. The van der Waals surface area contributed by atoms with E-state index in [9.17, 15) is 26.7 Å². The molecule has 1 aliphatic heterocycles. The minimum atomic E-state index is -4.55. The van der Waals surface area contributed by atoms with E-state index in [4.69, 9.17) is 0 Å². The van der Waals surface area contributed by atoms with Crippen molar-refractivity contribution >= 4 is 32.4 Å². The minimum absolute atomic E-state index is 0.0697. The number of aliphatic hydroxyl groups is 1. The smallest absolute Gasteiger partial charge is 0.392 e. The second-order valence-electron chi connectivity index (χ2n) is 8.31. The molecule has 0 radical (unpaired) electrons. The van der Waals surface area contributed by atoms with Gasteiger partial charge in [0.25, 0.3) is 0 Å². The molecule has 1 saturated heterocycles. The molecule has 0 aliphatic carbocycles. The maximum atomic E-state index is 13.4. The summed E-state index contributed by atoms with van der Waals surface area (Å²) in [6.07, 6.45) is -2.22. The van der Waals surface area contributed by atoms with Crippen LogP contribution in [0.2, 0.25) is 0 Å². The lowest BCUT2D eigenvalue weighted by Gasteiger charge is -2.16. The topological polar surface area (TPSA) is 108 Å². The van der Waals surface area contributed by atoms with Crippen molar-refractivity contribution in [3.8, 4) is 11.3 Å². The zero-order chi connectivity index (χ0) is 25.5. The van der Waals surface area contributed by atoms with E-state index in [0.29, 0.717) is 28.8 Å². The summed E-state index contributed by atoms with van der Waals surface area (Å²) in [7, 11) is -3.71. The fourth-order valence-corrected chi connectivity index (χ4v) is 5.59. The van der Waals surface area contributed by atoms with Crippen LogP contribution in [0.4, 0.5) is 24.7 Å². The Morgan fingerprint density at radius 3 is 2.50 bits per heavy atom. The van der Waals surface area contributed by atoms with Gasteiger partial charge in [-0.05, 0) is 55.0 Å². The van der Waals surface area contributed by atoms with Crippen molar-refractivity contribution in [1.29, 1.82) is 0 Å².